The summed E-state index contributed by atoms with van der Waals surface area (Å²) in [4.78, 5) is 10.6. The maximum absolute atomic E-state index is 13.4. The molecule has 0 amide bonds. The van der Waals surface area contributed by atoms with E-state index in [2.05, 4.69) is 0 Å². The first-order chi connectivity index (χ1) is 12.7. The molecule has 0 aliphatic carbocycles. The van der Waals surface area contributed by atoms with Crippen LogP contribution < -0.4 is 14.2 Å². The van der Waals surface area contributed by atoms with Crippen LogP contribution in [0.15, 0.2) is 30.3 Å². The topological polar surface area (TPSA) is 70.8 Å². The van der Waals surface area contributed by atoms with Crippen LogP contribution in [-0.4, -0.2) is 26.3 Å². The second kappa shape index (κ2) is 8.03. The van der Waals surface area contributed by atoms with Crippen molar-refractivity contribution in [3.8, 4) is 17.2 Å². The first-order valence-electron chi connectivity index (χ1n) is 7.86. The third kappa shape index (κ3) is 4.52. The summed E-state index contributed by atoms with van der Waals surface area (Å²) in [6.07, 6.45) is 3.06. The maximum Gasteiger partial charge on any atom is 0.277 e. The van der Waals surface area contributed by atoms with Gasteiger partial charge < -0.3 is 14.2 Å². The SMILES string of the molecule is COc1cc(/C=C/c2ccc(C(C)(F)F)cc2[N+](=O)[O-])cc(OC)c1OC. The number of rotatable bonds is 7. The molecule has 144 valence electrons. The lowest BCUT2D eigenvalue weighted by Crippen LogP contribution is -2.07. The van der Waals surface area contributed by atoms with Gasteiger partial charge in [0.05, 0.1) is 31.8 Å². The molecule has 0 aliphatic heterocycles. The summed E-state index contributed by atoms with van der Waals surface area (Å²) in [5.74, 6) is -1.90. The van der Waals surface area contributed by atoms with Gasteiger partial charge in [-0.25, -0.2) is 8.78 Å². The highest BCUT2D eigenvalue weighted by molar-refractivity contribution is 5.76. The van der Waals surface area contributed by atoms with E-state index in [-0.39, 0.29) is 5.56 Å². The van der Waals surface area contributed by atoms with Gasteiger partial charge in [-0.15, -0.1) is 0 Å². The van der Waals surface area contributed by atoms with Gasteiger partial charge in [0.25, 0.3) is 11.6 Å². The van der Waals surface area contributed by atoms with Gasteiger partial charge in [-0.05, 0) is 29.8 Å². The smallest absolute Gasteiger partial charge is 0.277 e. The molecule has 0 N–H and O–H groups in total. The third-order valence-corrected chi connectivity index (χ3v) is 3.88. The summed E-state index contributed by atoms with van der Waals surface area (Å²) in [5.41, 5.74) is 0.00213. The summed E-state index contributed by atoms with van der Waals surface area (Å²) in [6, 6.07) is 6.67. The number of alkyl halides is 2. The Morgan fingerprint density at radius 1 is 1.00 bits per heavy atom. The number of nitrogens with zero attached hydrogens (tertiary/aromatic N) is 1. The Morgan fingerprint density at radius 2 is 1.59 bits per heavy atom. The normalized spacial score (nSPS) is 11.5. The number of nitro benzene ring substituents is 1. The van der Waals surface area contributed by atoms with Crippen molar-refractivity contribution in [2.75, 3.05) is 21.3 Å². The number of halogens is 2. The van der Waals surface area contributed by atoms with Gasteiger partial charge in [-0.2, -0.15) is 0 Å². The number of hydrogen-bond acceptors (Lipinski definition) is 5. The Morgan fingerprint density at radius 3 is 2.04 bits per heavy atom. The zero-order valence-electron chi connectivity index (χ0n) is 15.3. The van der Waals surface area contributed by atoms with Gasteiger partial charge in [0.1, 0.15) is 0 Å². The van der Waals surface area contributed by atoms with Crippen LogP contribution in [0.3, 0.4) is 0 Å². The van der Waals surface area contributed by atoms with E-state index in [4.69, 9.17) is 14.2 Å². The van der Waals surface area contributed by atoms with Crippen molar-refractivity contribution < 1.29 is 27.9 Å². The number of ether oxygens (including phenoxy) is 3. The Hall–Kier alpha value is -3.16. The minimum Gasteiger partial charge on any atom is -0.493 e. The summed E-state index contributed by atoms with van der Waals surface area (Å²) in [7, 11) is 4.42. The Labute approximate surface area is 155 Å². The van der Waals surface area contributed by atoms with E-state index in [1.54, 1.807) is 18.2 Å². The lowest BCUT2D eigenvalue weighted by atomic mass is 10.0. The Bertz CT molecular complexity index is 850. The molecule has 0 unspecified atom stereocenters. The zero-order chi connectivity index (χ0) is 20.2. The minimum atomic E-state index is -3.16. The van der Waals surface area contributed by atoms with E-state index in [0.29, 0.717) is 29.7 Å². The van der Waals surface area contributed by atoms with Gasteiger partial charge in [0.2, 0.25) is 5.75 Å². The highest BCUT2D eigenvalue weighted by Crippen LogP contribution is 2.39. The lowest BCUT2D eigenvalue weighted by molar-refractivity contribution is -0.385. The zero-order valence-corrected chi connectivity index (χ0v) is 15.3. The number of hydrogen-bond donors (Lipinski definition) is 0. The van der Waals surface area contributed by atoms with E-state index in [9.17, 15) is 18.9 Å². The van der Waals surface area contributed by atoms with E-state index in [1.165, 1.54) is 39.5 Å². The van der Waals surface area contributed by atoms with Crippen LogP contribution in [0.5, 0.6) is 17.2 Å². The molecular weight excluding hydrogens is 360 g/mol. The van der Waals surface area contributed by atoms with Gasteiger partial charge in [-0.3, -0.25) is 10.1 Å². The average Bonchev–Trinajstić information content (AvgIpc) is 2.64. The summed E-state index contributed by atoms with van der Waals surface area (Å²) in [5, 5.41) is 11.3. The molecular formula is C19H19F2NO5. The molecule has 0 heterocycles. The standard InChI is InChI=1S/C19H19F2NO5/c1-19(20,21)14-8-7-13(15(11-14)22(23)24)6-5-12-9-16(25-2)18(27-4)17(10-12)26-3/h5-11H,1-4H3/b6-5+. The first-order valence-corrected chi connectivity index (χ1v) is 7.86. The lowest BCUT2D eigenvalue weighted by Gasteiger charge is -2.13. The molecule has 0 bridgehead atoms. The number of nitro groups is 1. The van der Waals surface area contributed by atoms with Crippen LogP contribution in [0.4, 0.5) is 14.5 Å². The molecule has 2 rings (SSSR count). The fourth-order valence-corrected chi connectivity index (χ4v) is 2.50. The summed E-state index contributed by atoms with van der Waals surface area (Å²) >= 11 is 0. The quantitative estimate of drug-likeness (QED) is 0.389. The van der Waals surface area contributed by atoms with Gasteiger partial charge >= 0.3 is 0 Å². The van der Waals surface area contributed by atoms with Crippen molar-refractivity contribution in [2.45, 2.75) is 12.8 Å². The van der Waals surface area contributed by atoms with E-state index in [0.717, 1.165) is 6.07 Å². The molecule has 8 heteroatoms. The Kier molecular flexibility index (Phi) is 5.99. The predicted octanol–water partition coefficient (Wildman–Crippen LogP) is 4.90. The highest BCUT2D eigenvalue weighted by Gasteiger charge is 2.27. The van der Waals surface area contributed by atoms with Crippen LogP contribution in [0.2, 0.25) is 0 Å². The largest absolute Gasteiger partial charge is 0.493 e. The van der Waals surface area contributed by atoms with Crippen molar-refractivity contribution in [1.29, 1.82) is 0 Å². The molecule has 0 atom stereocenters. The van der Waals surface area contributed by atoms with Crippen LogP contribution in [0, 0.1) is 10.1 Å². The van der Waals surface area contributed by atoms with E-state index >= 15 is 0 Å². The molecule has 0 radical (unpaired) electrons. The molecule has 0 spiro atoms. The van der Waals surface area contributed by atoms with Crippen molar-refractivity contribution in [3.05, 3.63) is 57.1 Å². The average molecular weight is 379 g/mol. The highest BCUT2D eigenvalue weighted by atomic mass is 19.3. The van der Waals surface area contributed by atoms with Crippen molar-refractivity contribution >= 4 is 17.8 Å². The van der Waals surface area contributed by atoms with Gasteiger partial charge in [0.15, 0.2) is 11.5 Å². The molecule has 0 aromatic heterocycles. The fourth-order valence-electron chi connectivity index (χ4n) is 2.50. The molecule has 0 aliphatic rings. The number of benzene rings is 2. The Balaban J connectivity index is 2.47. The van der Waals surface area contributed by atoms with E-state index < -0.39 is 22.1 Å². The fraction of sp³-hybridized carbons (Fsp3) is 0.263. The third-order valence-electron chi connectivity index (χ3n) is 3.88. The monoisotopic (exact) mass is 379 g/mol. The second-order valence-electron chi connectivity index (χ2n) is 5.71. The summed E-state index contributed by atoms with van der Waals surface area (Å²) in [6.45, 7) is 0.692. The van der Waals surface area contributed by atoms with Crippen molar-refractivity contribution in [3.63, 3.8) is 0 Å². The van der Waals surface area contributed by atoms with Crippen LogP contribution in [0.25, 0.3) is 12.2 Å². The second-order valence-corrected chi connectivity index (χ2v) is 5.71. The van der Waals surface area contributed by atoms with Crippen LogP contribution >= 0.6 is 0 Å². The van der Waals surface area contributed by atoms with Gasteiger partial charge in [0, 0.05) is 18.6 Å². The first kappa shape index (κ1) is 20.2. The predicted molar refractivity (Wildman–Crippen MR) is 97.7 cm³/mol. The van der Waals surface area contributed by atoms with E-state index in [1.807, 2.05) is 0 Å². The molecule has 2 aromatic rings. The van der Waals surface area contributed by atoms with Crippen molar-refractivity contribution in [1.82, 2.24) is 0 Å². The van der Waals surface area contributed by atoms with Gasteiger partial charge in [-0.1, -0.05) is 12.1 Å². The van der Waals surface area contributed by atoms with Crippen LogP contribution in [-0.2, 0) is 5.92 Å². The molecule has 27 heavy (non-hydrogen) atoms. The minimum absolute atomic E-state index is 0.196. The number of methoxy groups -OCH3 is 3. The molecule has 6 nitrogen and oxygen atoms in total. The maximum atomic E-state index is 13.4. The molecule has 0 fully saturated rings. The molecule has 0 saturated carbocycles. The molecule has 0 saturated heterocycles. The molecule has 2 aromatic carbocycles. The van der Waals surface area contributed by atoms with Crippen LogP contribution in [0.1, 0.15) is 23.6 Å². The summed E-state index contributed by atoms with van der Waals surface area (Å²) < 4.78 is 42.6. The van der Waals surface area contributed by atoms with Crippen molar-refractivity contribution in [2.24, 2.45) is 0 Å².